The van der Waals surface area contributed by atoms with Gasteiger partial charge in [0, 0.05) is 49.4 Å². The first kappa shape index (κ1) is 22.2. The number of rotatable bonds is 5. The van der Waals surface area contributed by atoms with Crippen molar-refractivity contribution in [1.29, 1.82) is 0 Å². The number of nitrogens with one attached hydrogen (secondary N) is 1. The topological polar surface area (TPSA) is 52.7 Å². The van der Waals surface area contributed by atoms with E-state index in [1.165, 1.54) is 5.56 Å². The molecule has 160 valence electrons. The molecule has 0 unspecified atom stereocenters. The highest BCUT2D eigenvalue weighted by atomic mass is 32.2. The molecule has 0 spiro atoms. The third-order valence-electron chi connectivity index (χ3n) is 5.33. The molecule has 1 heterocycles. The molecule has 6 heteroatoms. The summed E-state index contributed by atoms with van der Waals surface area (Å²) in [5.41, 5.74) is 3.34. The van der Waals surface area contributed by atoms with Gasteiger partial charge in [-0.05, 0) is 47.4 Å². The minimum absolute atomic E-state index is 0.0114. The molecule has 1 saturated heterocycles. The van der Waals surface area contributed by atoms with E-state index >= 15 is 0 Å². The maximum absolute atomic E-state index is 12.3. The first-order valence-electron chi connectivity index (χ1n) is 10.4. The molecule has 1 N–H and O–H groups in total. The second-order valence-corrected chi connectivity index (χ2v) is 9.70. The van der Waals surface area contributed by atoms with Crippen molar-refractivity contribution in [3.63, 3.8) is 0 Å². The highest BCUT2D eigenvalue weighted by molar-refractivity contribution is 8.00. The maximum Gasteiger partial charge on any atom is 0.234 e. The van der Waals surface area contributed by atoms with Gasteiger partial charge in [-0.15, -0.1) is 11.8 Å². The molecule has 1 aliphatic heterocycles. The molecule has 0 radical (unpaired) electrons. The standard InChI is InChI=1S/C24H31N3O2S/c1-18(28)26-13-15-27(16-14-26)21-9-7-20(8-10-21)25-23(29)17-30-22-11-5-19(6-12-22)24(2,3)4/h5-12H,13-17H2,1-4H3,(H,25,29). The van der Waals surface area contributed by atoms with Gasteiger partial charge in [-0.2, -0.15) is 0 Å². The van der Waals surface area contributed by atoms with Crippen LogP contribution in [0.3, 0.4) is 0 Å². The Hall–Kier alpha value is -2.47. The minimum atomic E-state index is -0.0114. The Morgan fingerprint density at radius 3 is 2.07 bits per heavy atom. The van der Waals surface area contributed by atoms with Crippen molar-refractivity contribution in [2.75, 3.05) is 42.1 Å². The van der Waals surface area contributed by atoms with Crippen molar-refractivity contribution in [3.8, 4) is 0 Å². The zero-order valence-corrected chi connectivity index (χ0v) is 19.1. The fourth-order valence-corrected chi connectivity index (χ4v) is 4.13. The van der Waals surface area contributed by atoms with Crippen LogP contribution in [0.4, 0.5) is 11.4 Å². The Bertz CT molecular complexity index is 865. The van der Waals surface area contributed by atoms with E-state index in [-0.39, 0.29) is 17.2 Å². The molecule has 0 atom stereocenters. The van der Waals surface area contributed by atoms with Crippen LogP contribution in [0.1, 0.15) is 33.3 Å². The highest BCUT2D eigenvalue weighted by Crippen LogP contribution is 2.26. The number of benzene rings is 2. The zero-order valence-electron chi connectivity index (χ0n) is 18.3. The van der Waals surface area contributed by atoms with Gasteiger partial charge in [-0.3, -0.25) is 9.59 Å². The number of thioether (sulfide) groups is 1. The number of hydrogen-bond donors (Lipinski definition) is 1. The summed E-state index contributed by atoms with van der Waals surface area (Å²) in [6, 6.07) is 16.4. The number of carbonyl (C=O) groups excluding carboxylic acids is 2. The van der Waals surface area contributed by atoms with Crippen molar-refractivity contribution in [2.24, 2.45) is 0 Å². The van der Waals surface area contributed by atoms with Crippen molar-refractivity contribution in [3.05, 3.63) is 54.1 Å². The van der Waals surface area contributed by atoms with Gasteiger partial charge >= 0.3 is 0 Å². The normalized spacial score (nSPS) is 14.5. The summed E-state index contributed by atoms with van der Waals surface area (Å²) < 4.78 is 0. The van der Waals surface area contributed by atoms with E-state index < -0.39 is 0 Å². The van der Waals surface area contributed by atoms with Crippen molar-refractivity contribution in [1.82, 2.24) is 4.90 Å². The SMILES string of the molecule is CC(=O)N1CCN(c2ccc(NC(=O)CSc3ccc(C(C)(C)C)cc3)cc2)CC1. The van der Waals surface area contributed by atoms with Crippen LogP contribution in [0, 0.1) is 0 Å². The second kappa shape index (κ2) is 9.56. The quantitative estimate of drug-likeness (QED) is 0.722. The fourth-order valence-electron chi connectivity index (χ4n) is 3.43. The summed E-state index contributed by atoms with van der Waals surface area (Å²) in [5.74, 6) is 0.502. The molecule has 0 aliphatic carbocycles. The number of hydrogen-bond acceptors (Lipinski definition) is 4. The third-order valence-corrected chi connectivity index (χ3v) is 6.34. The van der Waals surface area contributed by atoms with Crippen LogP contribution in [-0.2, 0) is 15.0 Å². The number of anilines is 2. The summed E-state index contributed by atoms with van der Waals surface area (Å²) in [4.78, 5) is 29.0. The molecule has 0 aromatic heterocycles. The van der Waals surface area contributed by atoms with Gasteiger partial charge in [0.15, 0.2) is 0 Å². The van der Waals surface area contributed by atoms with Gasteiger partial charge in [-0.25, -0.2) is 0 Å². The lowest BCUT2D eigenvalue weighted by atomic mass is 9.87. The molecule has 0 bridgehead atoms. The Morgan fingerprint density at radius 2 is 1.53 bits per heavy atom. The molecule has 2 amide bonds. The lowest BCUT2D eigenvalue weighted by Gasteiger charge is -2.35. The van der Waals surface area contributed by atoms with E-state index in [1.807, 2.05) is 29.2 Å². The van der Waals surface area contributed by atoms with E-state index in [4.69, 9.17) is 0 Å². The maximum atomic E-state index is 12.3. The number of nitrogens with zero attached hydrogens (tertiary/aromatic N) is 2. The van der Waals surface area contributed by atoms with Crippen LogP contribution in [0.5, 0.6) is 0 Å². The Morgan fingerprint density at radius 1 is 0.933 bits per heavy atom. The molecular weight excluding hydrogens is 394 g/mol. The number of piperazine rings is 1. The van der Waals surface area contributed by atoms with Crippen molar-refractivity contribution < 1.29 is 9.59 Å². The van der Waals surface area contributed by atoms with Crippen LogP contribution in [-0.4, -0.2) is 48.6 Å². The predicted molar refractivity (Wildman–Crippen MR) is 125 cm³/mol. The summed E-state index contributed by atoms with van der Waals surface area (Å²) >= 11 is 1.54. The molecule has 2 aromatic rings. The summed E-state index contributed by atoms with van der Waals surface area (Å²) in [6.07, 6.45) is 0. The first-order valence-corrected chi connectivity index (χ1v) is 11.3. The van der Waals surface area contributed by atoms with Crippen molar-refractivity contribution >= 4 is 35.0 Å². The minimum Gasteiger partial charge on any atom is -0.368 e. The molecule has 2 aromatic carbocycles. The van der Waals surface area contributed by atoms with Crippen LogP contribution in [0.25, 0.3) is 0 Å². The molecule has 30 heavy (non-hydrogen) atoms. The van der Waals surface area contributed by atoms with Crippen LogP contribution in [0.2, 0.25) is 0 Å². The van der Waals surface area contributed by atoms with Gasteiger partial charge < -0.3 is 15.1 Å². The Balaban J connectivity index is 1.47. The average Bonchev–Trinajstić information content (AvgIpc) is 2.72. The van der Waals surface area contributed by atoms with Crippen molar-refractivity contribution in [2.45, 2.75) is 38.0 Å². The number of carbonyl (C=O) groups is 2. The van der Waals surface area contributed by atoms with E-state index in [0.717, 1.165) is 42.4 Å². The summed E-state index contributed by atoms with van der Waals surface area (Å²) in [5, 5.41) is 2.97. The number of amides is 2. The first-order chi connectivity index (χ1) is 14.2. The second-order valence-electron chi connectivity index (χ2n) is 8.65. The molecule has 3 rings (SSSR count). The monoisotopic (exact) mass is 425 g/mol. The molecule has 1 fully saturated rings. The predicted octanol–water partition coefficient (Wildman–Crippen LogP) is 4.38. The van der Waals surface area contributed by atoms with Gasteiger partial charge in [0.1, 0.15) is 0 Å². The molecule has 5 nitrogen and oxygen atoms in total. The average molecular weight is 426 g/mol. The van der Waals surface area contributed by atoms with E-state index in [1.54, 1.807) is 18.7 Å². The van der Waals surface area contributed by atoms with Crippen LogP contribution >= 0.6 is 11.8 Å². The molecule has 0 saturated carbocycles. The third kappa shape index (κ3) is 6.02. The van der Waals surface area contributed by atoms with Crippen LogP contribution in [0.15, 0.2) is 53.4 Å². The largest absolute Gasteiger partial charge is 0.368 e. The van der Waals surface area contributed by atoms with E-state index in [0.29, 0.717) is 5.75 Å². The van der Waals surface area contributed by atoms with Gasteiger partial charge in [-0.1, -0.05) is 32.9 Å². The lowest BCUT2D eigenvalue weighted by molar-refractivity contribution is -0.129. The molecule has 1 aliphatic rings. The summed E-state index contributed by atoms with van der Waals surface area (Å²) in [6.45, 7) is 11.4. The Kier molecular flexibility index (Phi) is 7.08. The van der Waals surface area contributed by atoms with Gasteiger partial charge in [0.25, 0.3) is 0 Å². The molecular formula is C24H31N3O2S. The van der Waals surface area contributed by atoms with Gasteiger partial charge in [0.05, 0.1) is 5.75 Å². The lowest BCUT2D eigenvalue weighted by Crippen LogP contribution is -2.48. The highest BCUT2D eigenvalue weighted by Gasteiger charge is 2.18. The zero-order chi connectivity index (χ0) is 21.7. The Labute approximate surface area is 183 Å². The summed E-state index contributed by atoms with van der Waals surface area (Å²) in [7, 11) is 0. The van der Waals surface area contributed by atoms with Gasteiger partial charge in [0.2, 0.25) is 11.8 Å². The van der Waals surface area contributed by atoms with E-state index in [9.17, 15) is 9.59 Å². The smallest absolute Gasteiger partial charge is 0.234 e. The fraction of sp³-hybridized carbons (Fsp3) is 0.417. The van der Waals surface area contributed by atoms with E-state index in [2.05, 4.69) is 55.3 Å². The van der Waals surface area contributed by atoms with Crippen LogP contribution < -0.4 is 10.2 Å².